The van der Waals surface area contributed by atoms with Gasteiger partial charge in [-0.3, -0.25) is 0 Å². The molecule has 0 radical (unpaired) electrons. The Morgan fingerprint density at radius 2 is 1.92 bits per heavy atom. The van der Waals surface area contributed by atoms with Crippen molar-refractivity contribution < 1.29 is 17.9 Å². The fourth-order valence-corrected chi connectivity index (χ4v) is 3.89. The molecule has 1 aromatic carbocycles. The van der Waals surface area contributed by atoms with Crippen molar-refractivity contribution in [1.29, 1.82) is 0 Å². The molecule has 0 unspecified atom stereocenters. The highest BCUT2D eigenvalue weighted by Gasteiger charge is 2.19. The van der Waals surface area contributed by atoms with Gasteiger partial charge in [-0.25, -0.2) is 17.2 Å². The molecule has 0 aliphatic carbocycles. The van der Waals surface area contributed by atoms with Crippen molar-refractivity contribution in [1.82, 2.24) is 3.97 Å². The number of esters is 1. The van der Waals surface area contributed by atoms with Crippen LogP contribution in [0.4, 0.5) is 0 Å². The molecule has 0 atom stereocenters. The third-order valence-corrected chi connectivity index (χ3v) is 5.09. The lowest BCUT2D eigenvalue weighted by Gasteiger charge is -2.17. The van der Waals surface area contributed by atoms with Crippen LogP contribution >= 0.6 is 15.9 Å². The van der Waals surface area contributed by atoms with Crippen LogP contribution in [0.15, 0.2) is 58.0 Å². The predicted octanol–water partition coefficient (Wildman–Crippen LogP) is 3.84. The summed E-state index contributed by atoms with van der Waals surface area (Å²) in [5, 5.41) is 0. The van der Waals surface area contributed by atoms with Crippen molar-refractivity contribution in [3.05, 3.63) is 58.8 Å². The molecule has 0 fully saturated rings. The number of rotatable bonds is 4. The molecule has 1 aromatic heterocycles. The minimum Gasteiger partial charge on any atom is -0.457 e. The average Bonchev–Trinajstić information content (AvgIpc) is 2.92. The zero-order valence-electron chi connectivity index (χ0n) is 13.6. The zero-order chi connectivity index (χ0) is 18.0. The lowest BCUT2D eigenvalue weighted by molar-refractivity contribution is -0.148. The first-order chi connectivity index (χ1) is 11.1. The fourth-order valence-electron chi connectivity index (χ4n) is 1.96. The largest absolute Gasteiger partial charge is 0.457 e. The van der Waals surface area contributed by atoms with Gasteiger partial charge in [0.05, 0.1) is 10.6 Å². The maximum atomic E-state index is 12.7. The van der Waals surface area contributed by atoms with Gasteiger partial charge < -0.3 is 4.74 Å². The van der Waals surface area contributed by atoms with Gasteiger partial charge in [0.15, 0.2) is 0 Å². The molecule has 7 heteroatoms. The number of benzene rings is 1. The summed E-state index contributed by atoms with van der Waals surface area (Å²) in [5.41, 5.74) is -0.243. The highest BCUT2D eigenvalue weighted by atomic mass is 79.9. The molecule has 5 nitrogen and oxygen atoms in total. The van der Waals surface area contributed by atoms with E-state index in [1.54, 1.807) is 45.0 Å². The highest BCUT2D eigenvalue weighted by Crippen LogP contribution is 2.21. The van der Waals surface area contributed by atoms with Crippen molar-refractivity contribution in [2.24, 2.45) is 0 Å². The van der Waals surface area contributed by atoms with E-state index in [9.17, 15) is 13.2 Å². The molecule has 1 heterocycles. The van der Waals surface area contributed by atoms with Crippen LogP contribution < -0.4 is 0 Å². The van der Waals surface area contributed by atoms with E-state index in [0.29, 0.717) is 10.2 Å². The molecule has 0 spiro atoms. The Morgan fingerprint density at radius 3 is 2.54 bits per heavy atom. The molecule has 0 amide bonds. The number of carbonyl (C=O) groups excluding carboxylic acids is 1. The van der Waals surface area contributed by atoms with Crippen LogP contribution in [0.25, 0.3) is 6.08 Å². The molecule has 0 saturated carbocycles. The minimum atomic E-state index is -3.75. The summed E-state index contributed by atoms with van der Waals surface area (Å²) < 4.78 is 32.4. The van der Waals surface area contributed by atoms with Crippen LogP contribution in [0.5, 0.6) is 0 Å². The summed E-state index contributed by atoms with van der Waals surface area (Å²) in [6.45, 7) is 5.29. The van der Waals surface area contributed by atoms with Crippen molar-refractivity contribution in [2.45, 2.75) is 31.3 Å². The van der Waals surface area contributed by atoms with Crippen molar-refractivity contribution in [3.63, 3.8) is 0 Å². The van der Waals surface area contributed by atoms with E-state index in [0.717, 1.165) is 3.97 Å². The van der Waals surface area contributed by atoms with Gasteiger partial charge in [0, 0.05) is 16.7 Å². The van der Waals surface area contributed by atoms with Crippen molar-refractivity contribution >= 4 is 38.0 Å². The number of halogens is 1. The summed E-state index contributed by atoms with van der Waals surface area (Å²) in [7, 11) is -3.75. The second kappa shape index (κ2) is 6.94. The number of aromatic nitrogens is 1. The molecule has 128 valence electrons. The molecule has 0 aliphatic heterocycles. The summed E-state index contributed by atoms with van der Waals surface area (Å²) in [4.78, 5) is 11.9. The topological polar surface area (TPSA) is 65.4 Å². The Morgan fingerprint density at radius 1 is 1.21 bits per heavy atom. The van der Waals surface area contributed by atoms with Crippen LogP contribution in [-0.2, 0) is 19.6 Å². The Balaban J connectivity index is 2.32. The van der Waals surface area contributed by atoms with E-state index in [4.69, 9.17) is 4.74 Å². The number of hydrogen-bond donors (Lipinski definition) is 0. The quantitative estimate of drug-likeness (QED) is 0.566. The van der Waals surface area contributed by atoms with Crippen LogP contribution in [0, 0.1) is 0 Å². The maximum absolute atomic E-state index is 12.7. The molecule has 2 aromatic rings. The van der Waals surface area contributed by atoms with Gasteiger partial charge >= 0.3 is 5.97 Å². The van der Waals surface area contributed by atoms with Gasteiger partial charge in [0.1, 0.15) is 5.60 Å². The average molecular weight is 412 g/mol. The molecule has 0 aliphatic rings. The summed E-state index contributed by atoms with van der Waals surface area (Å²) >= 11 is 3.27. The van der Waals surface area contributed by atoms with Gasteiger partial charge in [0.2, 0.25) is 0 Å². The summed E-state index contributed by atoms with van der Waals surface area (Å²) in [5.74, 6) is -0.532. The number of ether oxygens (including phenoxy) is 1. The second-order valence-electron chi connectivity index (χ2n) is 6.06. The lowest BCUT2D eigenvalue weighted by Crippen LogP contribution is -2.22. The second-order valence-corrected chi connectivity index (χ2v) is 8.79. The molecule has 2 rings (SSSR count). The molecule has 24 heavy (non-hydrogen) atoms. The highest BCUT2D eigenvalue weighted by molar-refractivity contribution is 9.10. The lowest BCUT2D eigenvalue weighted by atomic mass is 10.2. The standard InChI is InChI=1S/C17H18BrNO4S/c1-17(2,3)23-16(20)10-9-14-7-5-11-19(14)24(21,22)15-8-4-6-13(18)12-15/h4-12H,1-3H3. The fraction of sp³-hybridized carbons (Fsp3) is 0.235. The first-order valence-corrected chi connectivity index (χ1v) is 9.42. The van der Waals surface area contributed by atoms with E-state index in [-0.39, 0.29) is 4.90 Å². The Kier molecular flexibility index (Phi) is 5.35. The molecule has 0 N–H and O–H groups in total. The van der Waals surface area contributed by atoms with Crippen molar-refractivity contribution in [3.8, 4) is 0 Å². The van der Waals surface area contributed by atoms with Crippen molar-refractivity contribution in [2.75, 3.05) is 0 Å². The van der Waals surface area contributed by atoms with Gasteiger partial charge in [-0.1, -0.05) is 22.0 Å². The van der Waals surface area contributed by atoms with Gasteiger partial charge in [0.25, 0.3) is 10.0 Å². The maximum Gasteiger partial charge on any atom is 0.331 e. The smallest absolute Gasteiger partial charge is 0.331 e. The number of hydrogen-bond acceptors (Lipinski definition) is 4. The minimum absolute atomic E-state index is 0.153. The molecular weight excluding hydrogens is 394 g/mol. The van der Waals surface area contributed by atoms with E-state index in [1.165, 1.54) is 30.5 Å². The normalized spacial score (nSPS) is 12.5. The van der Waals surface area contributed by atoms with Crippen LogP contribution in [0.2, 0.25) is 0 Å². The summed E-state index contributed by atoms with van der Waals surface area (Å²) in [6, 6.07) is 9.65. The van der Waals surface area contributed by atoms with E-state index in [1.807, 2.05) is 0 Å². The number of nitrogens with zero attached hydrogens (tertiary/aromatic N) is 1. The molecular formula is C17H18BrNO4S. The summed E-state index contributed by atoms with van der Waals surface area (Å²) in [6.07, 6.45) is 4.07. The third kappa shape index (κ3) is 4.58. The first-order valence-electron chi connectivity index (χ1n) is 7.19. The predicted molar refractivity (Wildman–Crippen MR) is 96.0 cm³/mol. The van der Waals surface area contributed by atoms with Crippen LogP contribution in [0.3, 0.4) is 0 Å². The first kappa shape index (κ1) is 18.5. The van der Waals surface area contributed by atoms with Crippen LogP contribution in [0.1, 0.15) is 26.5 Å². The SMILES string of the molecule is CC(C)(C)OC(=O)C=Cc1cccn1S(=O)(=O)c1cccc(Br)c1. The van der Waals surface area contributed by atoms with E-state index in [2.05, 4.69) is 15.9 Å². The van der Waals surface area contributed by atoms with E-state index >= 15 is 0 Å². The van der Waals surface area contributed by atoms with Gasteiger partial charge in [-0.2, -0.15) is 0 Å². The third-order valence-electron chi connectivity index (χ3n) is 2.89. The Labute approximate surface area is 150 Å². The Hall–Kier alpha value is -1.86. The monoisotopic (exact) mass is 411 g/mol. The zero-order valence-corrected chi connectivity index (χ0v) is 16.0. The van der Waals surface area contributed by atoms with Gasteiger partial charge in [-0.05, 0) is 57.2 Å². The van der Waals surface area contributed by atoms with E-state index < -0.39 is 21.6 Å². The Bertz CT molecular complexity index is 876. The number of carbonyl (C=O) groups is 1. The van der Waals surface area contributed by atoms with Crippen LogP contribution in [-0.4, -0.2) is 24.0 Å². The molecule has 0 bridgehead atoms. The molecule has 0 saturated heterocycles. The van der Waals surface area contributed by atoms with Gasteiger partial charge in [-0.15, -0.1) is 0 Å².